The highest BCUT2D eigenvalue weighted by Crippen LogP contribution is 2.26. The fraction of sp³-hybridized carbons (Fsp3) is 0.300. The third kappa shape index (κ3) is 2.12. The number of alkyl halides is 2. The largest absolute Gasteiger partial charge is 0.333 e. The molecule has 16 heavy (non-hydrogen) atoms. The summed E-state index contributed by atoms with van der Waals surface area (Å²) >= 11 is 1.49. The first-order valence-electron chi connectivity index (χ1n) is 4.77. The first kappa shape index (κ1) is 11.2. The molecule has 86 valence electrons. The summed E-state index contributed by atoms with van der Waals surface area (Å²) < 4.78 is 26.1. The van der Waals surface area contributed by atoms with Gasteiger partial charge in [-0.15, -0.1) is 11.3 Å². The van der Waals surface area contributed by atoms with Crippen molar-refractivity contribution >= 4 is 11.3 Å². The minimum atomic E-state index is -2.60. The highest BCUT2D eigenvalue weighted by atomic mass is 32.1. The van der Waals surface area contributed by atoms with E-state index in [4.69, 9.17) is 0 Å². The first-order valence-corrected chi connectivity index (χ1v) is 5.65. The second-order valence-corrected chi connectivity index (χ2v) is 4.20. The molecule has 6 heteroatoms. The Bertz CT molecular complexity index is 451. The van der Waals surface area contributed by atoms with Gasteiger partial charge in [-0.25, -0.2) is 4.68 Å². The van der Waals surface area contributed by atoms with Crippen molar-refractivity contribution in [3.63, 3.8) is 0 Å². The molecular formula is C10H11F2N3S. The maximum atomic E-state index is 12.7. The van der Waals surface area contributed by atoms with Crippen LogP contribution in [0, 0.1) is 0 Å². The van der Waals surface area contributed by atoms with Gasteiger partial charge in [-0.2, -0.15) is 13.9 Å². The smallest absolute Gasteiger partial charge is 0.314 e. The van der Waals surface area contributed by atoms with Crippen molar-refractivity contribution in [2.75, 3.05) is 7.05 Å². The average molecular weight is 243 g/mol. The Morgan fingerprint density at radius 3 is 2.94 bits per heavy atom. The molecule has 0 spiro atoms. The Balaban J connectivity index is 2.38. The number of halogens is 2. The Morgan fingerprint density at radius 2 is 2.38 bits per heavy atom. The molecule has 0 bridgehead atoms. The van der Waals surface area contributed by atoms with Crippen LogP contribution in [-0.2, 0) is 6.54 Å². The standard InChI is InChI=1S/C10H11F2N3S/c1-13-6-7-5-8(9-3-2-4-16-9)14-15(7)10(11)12/h2-5,10,13H,6H2,1H3. The Morgan fingerprint density at radius 1 is 1.56 bits per heavy atom. The number of hydrogen-bond donors (Lipinski definition) is 1. The molecule has 2 aromatic heterocycles. The molecule has 0 radical (unpaired) electrons. The summed E-state index contributed by atoms with van der Waals surface area (Å²) in [7, 11) is 1.72. The monoisotopic (exact) mass is 243 g/mol. The van der Waals surface area contributed by atoms with Gasteiger partial charge in [0, 0.05) is 6.54 Å². The highest BCUT2D eigenvalue weighted by molar-refractivity contribution is 7.13. The van der Waals surface area contributed by atoms with E-state index in [1.54, 1.807) is 13.1 Å². The Kier molecular flexibility index (Phi) is 3.31. The summed E-state index contributed by atoms with van der Waals surface area (Å²) in [4.78, 5) is 0.900. The number of thiophene rings is 1. The van der Waals surface area contributed by atoms with Gasteiger partial charge in [0.05, 0.1) is 10.6 Å². The predicted molar refractivity (Wildman–Crippen MR) is 59.6 cm³/mol. The van der Waals surface area contributed by atoms with E-state index >= 15 is 0 Å². The van der Waals surface area contributed by atoms with E-state index in [0.29, 0.717) is 17.9 Å². The van der Waals surface area contributed by atoms with Crippen molar-refractivity contribution in [1.29, 1.82) is 0 Å². The minimum absolute atomic E-state index is 0.378. The Labute approximate surface area is 95.7 Å². The van der Waals surface area contributed by atoms with E-state index in [9.17, 15) is 8.78 Å². The summed E-state index contributed by atoms with van der Waals surface area (Å²) in [5.41, 5.74) is 1.08. The quantitative estimate of drug-likeness (QED) is 0.894. The van der Waals surface area contributed by atoms with Crippen LogP contribution >= 0.6 is 11.3 Å². The summed E-state index contributed by atoms with van der Waals surface area (Å²) in [6.07, 6.45) is 0. The lowest BCUT2D eigenvalue weighted by atomic mass is 10.3. The molecule has 0 aliphatic heterocycles. The zero-order valence-electron chi connectivity index (χ0n) is 8.65. The molecule has 0 aliphatic rings. The normalized spacial score (nSPS) is 11.2. The van der Waals surface area contributed by atoms with E-state index in [2.05, 4.69) is 10.4 Å². The van der Waals surface area contributed by atoms with Crippen LogP contribution in [0.5, 0.6) is 0 Å². The van der Waals surface area contributed by atoms with E-state index in [-0.39, 0.29) is 0 Å². The third-order valence-electron chi connectivity index (χ3n) is 2.13. The predicted octanol–water partition coefficient (Wildman–Crippen LogP) is 2.73. The fourth-order valence-corrected chi connectivity index (χ4v) is 2.14. The molecule has 3 nitrogen and oxygen atoms in total. The van der Waals surface area contributed by atoms with Crippen LogP contribution < -0.4 is 5.32 Å². The number of nitrogens with one attached hydrogen (secondary N) is 1. The lowest BCUT2D eigenvalue weighted by molar-refractivity contribution is 0.0534. The van der Waals surface area contributed by atoms with E-state index in [0.717, 1.165) is 9.56 Å². The fourth-order valence-electron chi connectivity index (χ4n) is 1.46. The van der Waals surface area contributed by atoms with Gasteiger partial charge in [0.25, 0.3) is 0 Å². The third-order valence-corrected chi connectivity index (χ3v) is 3.02. The zero-order valence-corrected chi connectivity index (χ0v) is 9.47. The van der Waals surface area contributed by atoms with Gasteiger partial charge in [-0.3, -0.25) is 0 Å². The van der Waals surface area contributed by atoms with Gasteiger partial charge in [-0.1, -0.05) is 6.07 Å². The number of nitrogens with zero attached hydrogens (tertiary/aromatic N) is 2. The zero-order chi connectivity index (χ0) is 11.5. The van der Waals surface area contributed by atoms with Gasteiger partial charge in [0.2, 0.25) is 0 Å². The van der Waals surface area contributed by atoms with Crippen LogP contribution in [-0.4, -0.2) is 16.8 Å². The van der Waals surface area contributed by atoms with Crippen LogP contribution in [0.25, 0.3) is 10.6 Å². The molecule has 0 fully saturated rings. The number of rotatable bonds is 4. The summed E-state index contributed by atoms with van der Waals surface area (Å²) in [5.74, 6) is 0. The van der Waals surface area contributed by atoms with Crippen molar-refractivity contribution in [2.24, 2.45) is 0 Å². The molecule has 0 saturated carbocycles. The number of aromatic nitrogens is 2. The molecule has 0 unspecified atom stereocenters. The summed E-state index contributed by atoms with van der Waals surface area (Å²) in [6, 6.07) is 5.43. The first-order chi connectivity index (χ1) is 7.72. The van der Waals surface area contributed by atoms with Crippen molar-refractivity contribution in [2.45, 2.75) is 13.1 Å². The van der Waals surface area contributed by atoms with Gasteiger partial charge in [-0.05, 0) is 24.6 Å². The molecule has 0 saturated heterocycles. The maximum Gasteiger partial charge on any atom is 0.333 e. The molecule has 0 aliphatic carbocycles. The second kappa shape index (κ2) is 4.71. The highest BCUT2D eigenvalue weighted by Gasteiger charge is 2.15. The molecule has 0 atom stereocenters. The van der Waals surface area contributed by atoms with E-state index in [1.807, 2.05) is 17.5 Å². The second-order valence-electron chi connectivity index (χ2n) is 3.25. The minimum Gasteiger partial charge on any atom is -0.314 e. The van der Waals surface area contributed by atoms with Gasteiger partial charge in [0.1, 0.15) is 5.69 Å². The van der Waals surface area contributed by atoms with E-state index in [1.165, 1.54) is 11.3 Å². The van der Waals surface area contributed by atoms with Crippen LogP contribution in [0.15, 0.2) is 23.6 Å². The van der Waals surface area contributed by atoms with Crippen molar-refractivity contribution in [3.05, 3.63) is 29.3 Å². The molecule has 1 N–H and O–H groups in total. The number of hydrogen-bond acceptors (Lipinski definition) is 3. The molecule has 2 rings (SSSR count). The molecule has 0 aromatic carbocycles. The molecule has 0 amide bonds. The SMILES string of the molecule is CNCc1cc(-c2cccs2)nn1C(F)F. The summed E-state index contributed by atoms with van der Waals surface area (Å²) in [6.45, 7) is -2.22. The van der Waals surface area contributed by atoms with Crippen molar-refractivity contribution in [1.82, 2.24) is 15.1 Å². The van der Waals surface area contributed by atoms with E-state index < -0.39 is 6.55 Å². The lowest BCUT2D eigenvalue weighted by Crippen LogP contribution is -2.12. The maximum absolute atomic E-state index is 12.7. The molecule has 2 heterocycles. The van der Waals surface area contributed by atoms with Crippen LogP contribution in [0.4, 0.5) is 8.78 Å². The van der Waals surface area contributed by atoms with Gasteiger partial charge in [0.15, 0.2) is 0 Å². The average Bonchev–Trinajstić information content (AvgIpc) is 2.83. The van der Waals surface area contributed by atoms with Crippen LogP contribution in [0.2, 0.25) is 0 Å². The Hall–Kier alpha value is -1.27. The topological polar surface area (TPSA) is 29.9 Å². The molecular weight excluding hydrogens is 232 g/mol. The van der Waals surface area contributed by atoms with Crippen LogP contribution in [0.3, 0.4) is 0 Å². The van der Waals surface area contributed by atoms with Crippen molar-refractivity contribution < 1.29 is 8.78 Å². The van der Waals surface area contributed by atoms with Crippen molar-refractivity contribution in [3.8, 4) is 10.6 Å². The van der Waals surface area contributed by atoms with Gasteiger partial charge < -0.3 is 5.32 Å². The van der Waals surface area contributed by atoms with Gasteiger partial charge >= 0.3 is 6.55 Å². The van der Waals surface area contributed by atoms with Crippen LogP contribution in [0.1, 0.15) is 12.2 Å². The lowest BCUT2D eigenvalue weighted by Gasteiger charge is -2.03. The molecule has 2 aromatic rings. The summed E-state index contributed by atoms with van der Waals surface area (Å²) in [5, 5.41) is 8.65.